The summed E-state index contributed by atoms with van der Waals surface area (Å²) >= 11 is 6.00. The average Bonchev–Trinajstić information content (AvgIpc) is 3.14. The molecule has 4 rings (SSSR count). The average molecular weight is 399 g/mol. The van der Waals surface area contributed by atoms with Gasteiger partial charge in [0.2, 0.25) is 0 Å². The van der Waals surface area contributed by atoms with Crippen LogP contribution in [0.2, 0.25) is 5.02 Å². The molecule has 0 amide bonds. The van der Waals surface area contributed by atoms with Gasteiger partial charge in [0.25, 0.3) is 5.56 Å². The number of aromatic nitrogens is 4. The van der Waals surface area contributed by atoms with Gasteiger partial charge in [0.1, 0.15) is 17.2 Å². The molecule has 0 bridgehead atoms. The van der Waals surface area contributed by atoms with Crippen molar-refractivity contribution in [2.24, 2.45) is 0 Å². The topological polar surface area (TPSA) is 89.7 Å². The number of hydrogen-bond donors (Lipinski definition) is 3. The van der Waals surface area contributed by atoms with E-state index in [0.717, 1.165) is 0 Å². The molecular formula is C19H16ClFN6O. The molecule has 0 aliphatic rings. The highest BCUT2D eigenvalue weighted by atomic mass is 35.5. The number of halogens is 2. The summed E-state index contributed by atoms with van der Waals surface area (Å²) in [5, 5.41) is 3.61. The SMILES string of the molecule is CN(C)c1[nH]c(=O)c(-c2cc(Cl)ccc2F)cc1Nc1ccnc2[nH]cnc12. The van der Waals surface area contributed by atoms with E-state index in [1.807, 2.05) is 0 Å². The van der Waals surface area contributed by atoms with Crippen molar-refractivity contribution in [3.8, 4) is 11.1 Å². The second-order valence-corrected chi connectivity index (χ2v) is 6.81. The van der Waals surface area contributed by atoms with Gasteiger partial charge in [-0.05, 0) is 30.3 Å². The van der Waals surface area contributed by atoms with Gasteiger partial charge in [0, 0.05) is 30.9 Å². The molecule has 28 heavy (non-hydrogen) atoms. The fourth-order valence-electron chi connectivity index (χ4n) is 2.97. The minimum Gasteiger partial charge on any atom is -0.362 e. The summed E-state index contributed by atoms with van der Waals surface area (Å²) < 4.78 is 14.4. The summed E-state index contributed by atoms with van der Waals surface area (Å²) in [4.78, 5) is 28.6. The molecule has 0 saturated carbocycles. The first-order valence-electron chi connectivity index (χ1n) is 8.39. The molecule has 0 spiro atoms. The predicted octanol–water partition coefficient (Wildman–Crippen LogP) is 3.92. The Morgan fingerprint density at radius 3 is 2.71 bits per heavy atom. The summed E-state index contributed by atoms with van der Waals surface area (Å²) in [5.74, 6) is 0.00809. The number of rotatable bonds is 4. The van der Waals surface area contributed by atoms with Crippen molar-refractivity contribution < 1.29 is 4.39 Å². The standard InChI is InChI=1S/C19H16ClFN6O/c1-27(2)18-15(25-14-5-6-22-17-16(14)23-9-24-17)8-12(19(28)26-18)11-7-10(20)3-4-13(11)21/h3-9H,1-2H3,(H,26,28)(H2,22,23,24,25). The van der Waals surface area contributed by atoms with E-state index in [-0.39, 0.29) is 11.1 Å². The van der Waals surface area contributed by atoms with Crippen LogP contribution in [-0.4, -0.2) is 34.0 Å². The summed E-state index contributed by atoms with van der Waals surface area (Å²) in [6, 6.07) is 7.47. The number of anilines is 3. The molecule has 7 nitrogen and oxygen atoms in total. The number of fused-ring (bicyclic) bond motifs is 1. The van der Waals surface area contributed by atoms with Crippen LogP contribution in [0.4, 0.5) is 21.6 Å². The number of hydrogen-bond acceptors (Lipinski definition) is 5. The highest BCUT2D eigenvalue weighted by Gasteiger charge is 2.16. The molecule has 1 aromatic carbocycles. The number of pyridine rings is 2. The molecule has 0 saturated heterocycles. The molecular weight excluding hydrogens is 383 g/mol. The number of benzene rings is 1. The maximum Gasteiger partial charge on any atom is 0.257 e. The van der Waals surface area contributed by atoms with Gasteiger partial charge in [-0.3, -0.25) is 4.79 Å². The van der Waals surface area contributed by atoms with E-state index in [1.165, 1.54) is 18.2 Å². The molecule has 3 aromatic heterocycles. The smallest absolute Gasteiger partial charge is 0.257 e. The van der Waals surface area contributed by atoms with Crippen LogP contribution >= 0.6 is 11.6 Å². The maximum absolute atomic E-state index is 14.4. The number of aromatic amines is 2. The Labute approximate surface area is 164 Å². The molecule has 0 aliphatic heterocycles. The molecule has 0 radical (unpaired) electrons. The monoisotopic (exact) mass is 398 g/mol. The van der Waals surface area contributed by atoms with E-state index < -0.39 is 11.4 Å². The van der Waals surface area contributed by atoms with Crippen LogP contribution in [0, 0.1) is 5.82 Å². The molecule has 0 aliphatic carbocycles. The summed E-state index contributed by atoms with van der Waals surface area (Å²) in [6.07, 6.45) is 3.19. The van der Waals surface area contributed by atoms with Crippen LogP contribution in [0.15, 0.2) is 47.7 Å². The first-order chi connectivity index (χ1) is 13.4. The van der Waals surface area contributed by atoms with Gasteiger partial charge >= 0.3 is 0 Å². The minimum atomic E-state index is -0.531. The molecule has 9 heteroatoms. The fraction of sp³-hybridized carbons (Fsp3) is 0.105. The minimum absolute atomic E-state index is 0.127. The van der Waals surface area contributed by atoms with E-state index in [9.17, 15) is 9.18 Å². The van der Waals surface area contributed by atoms with Gasteiger partial charge in [-0.2, -0.15) is 0 Å². The third kappa shape index (κ3) is 3.18. The van der Waals surface area contributed by atoms with E-state index in [2.05, 4.69) is 25.3 Å². The van der Waals surface area contributed by atoms with Crippen LogP contribution in [0.25, 0.3) is 22.3 Å². The molecule has 3 heterocycles. The Balaban J connectivity index is 1.89. The number of nitrogens with one attached hydrogen (secondary N) is 3. The third-order valence-corrected chi connectivity index (χ3v) is 4.51. The van der Waals surface area contributed by atoms with Crippen LogP contribution in [-0.2, 0) is 0 Å². The van der Waals surface area contributed by atoms with Crippen molar-refractivity contribution in [3.63, 3.8) is 0 Å². The van der Waals surface area contributed by atoms with Gasteiger partial charge in [-0.1, -0.05) is 11.6 Å². The molecule has 0 fully saturated rings. The first kappa shape index (κ1) is 18.0. The lowest BCUT2D eigenvalue weighted by Gasteiger charge is -2.19. The van der Waals surface area contributed by atoms with Gasteiger partial charge < -0.3 is 20.2 Å². The molecule has 0 atom stereocenters. The van der Waals surface area contributed by atoms with Crippen LogP contribution in [0.3, 0.4) is 0 Å². The Morgan fingerprint density at radius 2 is 1.93 bits per heavy atom. The van der Waals surface area contributed by atoms with Crippen molar-refractivity contribution in [3.05, 3.63) is 64.0 Å². The number of nitrogens with zero attached hydrogens (tertiary/aromatic N) is 3. The Bertz CT molecular complexity index is 1230. The number of H-pyrrole nitrogens is 2. The van der Waals surface area contributed by atoms with E-state index >= 15 is 0 Å². The van der Waals surface area contributed by atoms with Crippen molar-refractivity contribution in [2.75, 3.05) is 24.3 Å². The van der Waals surface area contributed by atoms with E-state index in [0.29, 0.717) is 33.4 Å². The van der Waals surface area contributed by atoms with Crippen LogP contribution in [0.5, 0.6) is 0 Å². The van der Waals surface area contributed by atoms with Crippen LogP contribution < -0.4 is 15.8 Å². The Morgan fingerprint density at radius 1 is 1.11 bits per heavy atom. The zero-order chi connectivity index (χ0) is 19.8. The molecule has 4 aromatic rings. The maximum atomic E-state index is 14.4. The lowest BCUT2D eigenvalue weighted by atomic mass is 10.1. The summed E-state index contributed by atoms with van der Waals surface area (Å²) in [5.41, 5.74) is 2.42. The summed E-state index contributed by atoms with van der Waals surface area (Å²) in [6.45, 7) is 0. The lowest BCUT2D eigenvalue weighted by Crippen LogP contribution is -2.20. The molecule has 0 unspecified atom stereocenters. The largest absolute Gasteiger partial charge is 0.362 e. The zero-order valence-corrected chi connectivity index (χ0v) is 15.8. The van der Waals surface area contributed by atoms with E-state index in [4.69, 9.17) is 11.6 Å². The van der Waals surface area contributed by atoms with Crippen molar-refractivity contribution in [1.29, 1.82) is 0 Å². The highest BCUT2D eigenvalue weighted by molar-refractivity contribution is 6.30. The van der Waals surface area contributed by atoms with Crippen molar-refractivity contribution in [2.45, 2.75) is 0 Å². The Hall–Kier alpha value is -3.39. The second kappa shape index (κ2) is 6.97. The lowest BCUT2D eigenvalue weighted by molar-refractivity contribution is 0.631. The zero-order valence-electron chi connectivity index (χ0n) is 15.0. The molecule has 3 N–H and O–H groups in total. The Kier molecular flexibility index (Phi) is 4.48. The third-order valence-electron chi connectivity index (χ3n) is 4.27. The van der Waals surface area contributed by atoms with Gasteiger partial charge in [-0.15, -0.1) is 0 Å². The normalized spacial score (nSPS) is 11.0. The van der Waals surface area contributed by atoms with E-state index in [1.54, 1.807) is 43.7 Å². The van der Waals surface area contributed by atoms with Crippen molar-refractivity contribution in [1.82, 2.24) is 19.9 Å². The fourth-order valence-corrected chi connectivity index (χ4v) is 3.14. The second-order valence-electron chi connectivity index (χ2n) is 6.38. The number of imidazole rings is 1. The predicted molar refractivity (Wildman–Crippen MR) is 109 cm³/mol. The highest BCUT2D eigenvalue weighted by Crippen LogP contribution is 2.32. The summed E-state index contributed by atoms with van der Waals surface area (Å²) in [7, 11) is 3.60. The van der Waals surface area contributed by atoms with Gasteiger partial charge in [0.05, 0.1) is 23.3 Å². The first-order valence-corrected chi connectivity index (χ1v) is 8.77. The van der Waals surface area contributed by atoms with Gasteiger partial charge in [-0.25, -0.2) is 14.4 Å². The molecule has 142 valence electrons. The quantitative estimate of drug-likeness (QED) is 0.485. The van der Waals surface area contributed by atoms with Crippen LogP contribution in [0.1, 0.15) is 0 Å². The van der Waals surface area contributed by atoms with Crippen molar-refractivity contribution >= 4 is 40.0 Å². The van der Waals surface area contributed by atoms with Gasteiger partial charge in [0.15, 0.2) is 5.65 Å².